The van der Waals surface area contributed by atoms with Crippen molar-refractivity contribution in [3.05, 3.63) is 193 Å². The van der Waals surface area contributed by atoms with Crippen LogP contribution < -0.4 is 4.90 Å². The fraction of sp³-hybridized carbons (Fsp3) is 0.153. The van der Waals surface area contributed by atoms with E-state index in [9.17, 15) is 0 Å². The van der Waals surface area contributed by atoms with E-state index >= 15 is 0 Å². The number of hydrogen-bond donors (Lipinski definition) is 0. The number of anilines is 3. The lowest BCUT2D eigenvalue weighted by Gasteiger charge is -2.38. The number of rotatable bonds is 7. The van der Waals surface area contributed by atoms with Crippen molar-refractivity contribution < 1.29 is 8.83 Å². The zero-order valence-corrected chi connectivity index (χ0v) is 34.9. The van der Waals surface area contributed by atoms with Crippen LogP contribution >= 0.6 is 0 Å². The molecule has 0 saturated heterocycles. The molecule has 12 rings (SSSR count). The Bertz CT molecular complexity index is 3320. The molecule has 2 aliphatic rings. The van der Waals surface area contributed by atoms with Crippen molar-refractivity contribution in [2.45, 2.75) is 44.9 Å². The number of benzene rings is 8. The average molecular weight is 802 g/mol. The Morgan fingerprint density at radius 1 is 0.484 bits per heavy atom. The Hall–Kier alpha value is -7.10. The smallest absolute Gasteiger partial charge is 0.143 e. The van der Waals surface area contributed by atoms with Crippen LogP contribution in [0.5, 0.6) is 0 Å². The monoisotopic (exact) mass is 801 g/mol. The van der Waals surface area contributed by atoms with Gasteiger partial charge in [-0.05, 0) is 113 Å². The summed E-state index contributed by atoms with van der Waals surface area (Å²) < 4.78 is 12.9. The summed E-state index contributed by atoms with van der Waals surface area (Å²) in [5.41, 5.74) is 16.9. The summed E-state index contributed by atoms with van der Waals surface area (Å²) in [4.78, 5) is 2.47. The zero-order chi connectivity index (χ0) is 41.1. The lowest BCUT2D eigenvalue weighted by atomic mass is 9.66. The van der Waals surface area contributed by atoms with E-state index in [2.05, 4.69) is 188 Å². The molecule has 1 fully saturated rings. The molecule has 0 amide bonds. The number of para-hydroxylation sites is 4. The molecule has 300 valence electrons. The fourth-order valence-corrected chi connectivity index (χ4v) is 11.0. The molecule has 3 heteroatoms. The van der Waals surface area contributed by atoms with E-state index in [0.29, 0.717) is 17.8 Å². The Morgan fingerprint density at radius 2 is 1.15 bits per heavy atom. The molecule has 0 aliphatic heterocycles. The number of fused-ring (bicyclic) bond motifs is 7. The van der Waals surface area contributed by atoms with Crippen LogP contribution in [-0.2, 0) is 0 Å². The number of hydrogen-bond acceptors (Lipinski definition) is 3. The molecule has 2 aliphatic carbocycles. The zero-order valence-electron chi connectivity index (χ0n) is 34.9. The molecular weight excluding hydrogens is 755 g/mol. The molecular formula is C59H47NO2. The molecule has 3 nitrogen and oxygen atoms in total. The van der Waals surface area contributed by atoms with E-state index in [4.69, 9.17) is 8.83 Å². The topological polar surface area (TPSA) is 29.5 Å². The molecule has 2 heterocycles. The van der Waals surface area contributed by atoms with Gasteiger partial charge in [-0.3, -0.25) is 0 Å². The van der Waals surface area contributed by atoms with E-state index in [1.54, 1.807) is 0 Å². The van der Waals surface area contributed by atoms with Gasteiger partial charge in [0, 0.05) is 44.0 Å². The van der Waals surface area contributed by atoms with Crippen LogP contribution in [0, 0.1) is 11.8 Å². The third-order valence-corrected chi connectivity index (χ3v) is 13.9. The minimum atomic E-state index is 0.483. The molecule has 0 bridgehead atoms. The van der Waals surface area contributed by atoms with Gasteiger partial charge in [-0.2, -0.15) is 0 Å². The van der Waals surface area contributed by atoms with Crippen molar-refractivity contribution in [2.24, 2.45) is 11.8 Å². The second kappa shape index (κ2) is 15.1. The van der Waals surface area contributed by atoms with Gasteiger partial charge in [0.05, 0.1) is 5.69 Å². The molecule has 0 spiro atoms. The van der Waals surface area contributed by atoms with Crippen molar-refractivity contribution in [1.29, 1.82) is 0 Å². The molecule has 2 atom stereocenters. The van der Waals surface area contributed by atoms with E-state index in [1.165, 1.54) is 54.4 Å². The summed E-state index contributed by atoms with van der Waals surface area (Å²) in [6.45, 7) is 2.44. The van der Waals surface area contributed by atoms with Crippen LogP contribution in [0.2, 0.25) is 0 Å². The predicted molar refractivity (Wildman–Crippen MR) is 260 cm³/mol. The Morgan fingerprint density at radius 3 is 2.02 bits per heavy atom. The number of furan rings is 2. The highest BCUT2D eigenvalue weighted by atomic mass is 16.3. The van der Waals surface area contributed by atoms with Crippen LogP contribution in [0.3, 0.4) is 0 Å². The SMILES string of the molecule is CC1C=Cc2cccc(-c3ccccc3N(c3ccc(-c4cccc5c4oc4ccccc45)cc3)c3cccc(-c4cccc5oc6ccccc6c45)c3)c2C1C1CCCCC1. The first-order valence-electron chi connectivity index (χ1n) is 22.4. The van der Waals surface area contributed by atoms with Crippen LogP contribution in [0.4, 0.5) is 17.1 Å². The molecule has 1 saturated carbocycles. The standard InChI is InChI=1S/C59H47NO2/c1-38-31-32-41-17-12-25-49(57(41)56(38)40-15-3-2-4-16-40)47-20-5-8-27-52(47)60(43-35-33-39(34-36-43)46-24-13-26-50-48-21-6-9-28-53(48)62-59(46)50)44-19-11-18-42(37-44)45-23-14-30-55-58(45)51-22-7-10-29-54(51)61-55/h5-14,17-38,40,56H,2-4,15-16H2,1H3. The summed E-state index contributed by atoms with van der Waals surface area (Å²) in [6, 6.07) is 63.7. The molecule has 62 heavy (non-hydrogen) atoms. The minimum Gasteiger partial charge on any atom is -0.456 e. The fourth-order valence-electron chi connectivity index (χ4n) is 11.0. The normalized spacial score (nSPS) is 16.7. The first kappa shape index (κ1) is 36.7. The lowest BCUT2D eigenvalue weighted by molar-refractivity contribution is 0.271. The summed E-state index contributed by atoms with van der Waals surface area (Å²) in [7, 11) is 0. The van der Waals surface area contributed by atoms with Gasteiger partial charge in [0.25, 0.3) is 0 Å². The summed E-state index contributed by atoms with van der Waals surface area (Å²) in [6.07, 6.45) is 11.5. The second-order valence-electron chi connectivity index (χ2n) is 17.5. The Balaban J connectivity index is 1.04. The lowest BCUT2D eigenvalue weighted by Crippen LogP contribution is -2.24. The molecule has 0 radical (unpaired) electrons. The highest BCUT2D eigenvalue weighted by molar-refractivity contribution is 6.13. The van der Waals surface area contributed by atoms with Crippen LogP contribution in [0.1, 0.15) is 56.1 Å². The molecule has 0 N–H and O–H groups in total. The van der Waals surface area contributed by atoms with Gasteiger partial charge < -0.3 is 13.7 Å². The summed E-state index contributed by atoms with van der Waals surface area (Å²) in [5.74, 6) is 1.66. The van der Waals surface area contributed by atoms with E-state index < -0.39 is 0 Å². The van der Waals surface area contributed by atoms with Crippen molar-refractivity contribution >= 4 is 67.0 Å². The van der Waals surface area contributed by atoms with E-state index in [1.807, 2.05) is 12.1 Å². The van der Waals surface area contributed by atoms with Gasteiger partial charge in [-0.25, -0.2) is 0 Å². The summed E-state index contributed by atoms with van der Waals surface area (Å²) >= 11 is 0. The summed E-state index contributed by atoms with van der Waals surface area (Å²) in [5, 5.41) is 4.55. The van der Waals surface area contributed by atoms with Gasteiger partial charge in [0.1, 0.15) is 22.3 Å². The average Bonchev–Trinajstić information content (AvgIpc) is 3.91. The van der Waals surface area contributed by atoms with Crippen molar-refractivity contribution in [2.75, 3.05) is 4.90 Å². The first-order valence-corrected chi connectivity index (χ1v) is 22.4. The maximum atomic E-state index is 6.51. The first-order chi connectivity index (χ1) is 30.7. The molecule has 8 aromatic carbocycles. The van der Waals surface area contributed by atoms with Gasteiger partial charge in [0.15, 0.2) is 0 Å². The highest BCUT2D eigenvalue weighted by Gasteiger charge is 2.34. The predicted octanol–water partition coefficient (Wildman–Crippen LogP) is 17.3. The van der Waals surface area contributed by atoms with Crippen molar-refractivity contribution in [3.8, 4) is 33.4 Å². The number of allylic oxidation sites excluding steroid dienone is 1. The maximum absolute atomic E-state index is 6.51. The van der Waals surface area contributed by atoms with E-state index in [-0.39, 0.29) is 0 Å². The Kier molecular flexibility index (Phi) is 8.95. The Labute approximate surface area is 362 Å². The van der Waals surface area contributed by atoms with Crippen molar-refractivity contribution in [1.82, 2.24) is 0 Å². The molecule has 10 aromatic rings. The van der Waals surface area contributed by atoms with Gasteiger partial charge in [-0.15, -0.1) is 0 Å². The molecule has 2 aromatic heterocycles. The third kappa shape index (κ3) is 6.10. The van der Waals surface area contributed by atoms with Crippen LogP contribution in [0.25, 0.3) is 83.3 Å². The second-order valence-corrected chi connectivity index (χ2v) is 17.5. The van der Waals surface area contributed by atoms with E-state index in [0.717, 1.165) is 83.2 Å². The quantitative estimate of drug-likeness (QED) is 0.161. The van der Waals surface area contributed by atoms with Crippen molar-refractivity contribution in [3.63, 3.8) is 0 Å². The van der Waals surface area contributed by atoms with Crippen LogP contribution in [-0.4, -0.2) is 0 Å². The molecule has 2 unspecified atom stereocenters. The highest BCUT2D eigenvalue weighted by Crippen LogP contribution is 2.51. The number of nitrogens with zero attached hydrogens (tertiary/aromatic N) is 1. The van der Waals surface area contributed by atoms with Gasteiger partial charge >= 0.3 is 0 Å². The van der Waals surface area contributed by atoms with Gasteiger partial charge in [-0.1, -0.05) is 166 Å². The van der Waals surface area contributed by atoms with Gasteiger partial charge in [0.2, 0.25) is 0 Å². The largest absolute Gasteiger partial charge is 0.456 e. The third-order valence-electron chi connectivity index (χ3n) is 13.9. The maximum Gasteiger partial charge on any atom is 0.143 e. The minimum absolute atomic E-state index is 0.483. The van der Waals surface area contributed by atoms with Crippen LogP contribution in [0.15, 0.2) is 191 Å².